The second-order valence-electron chi connectivity index (χ2n) is 4.62. The highest BCUT2D eigenvalue weighted by Crippen LogP contribution is 2.25. The maximum atomic E-state index is 13.3. The van der Waals surface area contributed by atoms with Gasteiger partial charge in [-0.15, -0.1) is 0 Å². The summed E-state index contributed by atoms with van der Waals surface area (Å²) in [6, 6.07) is 2.84. The van der Waals surface area contributed by atoms with Gasteiger partial charge in [0.15, 0.2) is 0 Å². The molecule has 0 aromatic heterocycles. The Kier molecular flexibility index (Phi) is 4.10. The molecule has 1 N–H and O–H groups in total. The van der Waals surface area contributed by atoms with Gasteiger partial charge in [-0.25, -0.2) is 12.8 Å². The van der Waals surface area contributed by atoms with Gasteiger partial charge in [0, 0.05) is 22.8 Å². The van der Waals surface area contributed by atoms with Crippen LogP contribution in [0, 0.1) is 11.7 Å². The normalized spacial score (nSPS) is 15.9. The predicted molar refractivity (Wildman–Crippen MR) is 69.1 cm³/mol. The van der Waals surface area contributed by atoms with Crippen LogP contribution >= 0.6 is 10.7 Å². The lowest BCUT2D eigenvalue weighted by Crippen LogP contribution is -2.32. The fourth-order valence-corrected chi connectivity index (χ4v) is 2.66. The molecule has 1 saturated carbocycles. The summed E-state index contributed by atoms with van der Waals surface area (Å²) in [5.41, 5.74) is -0.0430. The summed E-state index contributed by atoms with van der Waals surface area (Å²) in [5.74, 6) is -0.836. The van der Waals surface area contributed by atoms with Gasteiger partial charge in [-0.3, -0.25) is 4.79 Å². The molecular formula is C12H13ClFNO3S. The van der Waals surface area contributed by atoms with Crippen LogP contribution in [-0.4, -0.2) is 20.9 Å². The first kappa shape index (κ1) is 14.3. The molecule has 1 fully saturated rings. The Bertz CT molecular complexity index is 599. The number of benzene rings is 1. The fourth-order valence-electron chi connectivity index (χ4n) is 1.87. The number of nitrogens with one attached hydrogen (secondary N) is 1. The lowest BCUT2D eigenvalue weighted by Gasteiger charge is -2.25. The third-order valence-electron chi connectivity index (χ3n) is 3.19. The third-order valence-corrected chi connectivity index (χ3v) is 4.52. The van der Waals surface area contributed by atoms with Crippen molar-refractivity contribution in [1.29, 1.82) is 0 Å². The van der Waals surface area contributed by atoms with Gasteiger partial charge in [0.25, 0.3) is 15.0 Å². The van der Waals surface area contributed by atoms with Crippen molar-refractivity contribution in [2.75, 3.05) is 6.54 Å². The molecule has 1 aliphatic carbocycles. The molecule has 0 aliphatic heterocycles. The first-order chi connectivity index (χ1) is 8.86. The molecule has 1 aliphatic rings. The van der Waals surface area contributed by atoms with Crippen LogP contribution < -0.4 is 5.32 Å². The van der Waals surface area contributed by atoms with Crippen LogP contribution in [0.3, 0.4) is 0 Å². The standard InChI is InChI=1S/C12H13ClFNO3S/c13-19(17,18)11-5-9(4-10(14)6-11)12(16)15-7-8-2-1-3-8/h4-6,8H,1-3,7H2,(H,15,16). The Morgan fingerprint density at radius 3 is 2.58 bits per heavy atom. The molecule has 1 aromatic rings. The van der Waals surface area contributed by atoms with Gasteiger partial charge in [-0.2, -0.15) is 0 Å². The van der Waals surface area contributed by atoms with Crippen LogP contribution in [-0.2, 0) is 9.05 Å². The van der Waals surface area contributed by atoms with E-state index in [1.807, 2.05) is 0 Å². The van der Waals surface area contributed by atoms with Crippen LogP contribution in [0.2, 0.25) is 0 Å². The van der Waals surface area contributed by atoms with E-state index in [9.17, 15) is 17.6 Å². The van der Waals surface area contributed by atoms with Gasteiger partial charge in [0.05, 0.1) is 4.90 Å². The van der Waals surface area contributed by atoms with Crippen molar-refractivity contribution < 1.29 is 17.6 Å². The van der Waals surface area contributed by atoms with Crippen molar-refractivity contribution in [2.24, 2.45) is 5.92 Å². The second-order valence-corrected chi connectivity index (χ2v) is 7.19. The summed E-state index contributed by atoms with van der Waals surface area (Å²) < 4.78 is 35.6. The van der Waals surface area contributed by atoms with Crippen molar-refractivity contribution in [3.8, 4) is 0 Å². The summed E-state index contributed by atoms with van der Waals surface area (Å²) in [7, 11) is 1.09. The molecule has 4 nitrogen and oxygen atoms in total. The highest BCUT2D eigenvalue weighted by Gasteiger charge is 2.20. The average Bonchev–Trinajstić information content (AvgIpc) is 2.24. The number of hydrogen-bond donors (Lipinski definition) is 1. The number of rotatable bonds is 4. The number of carbonyl (C=O) groups excluding carboxylic acids is 1. The lowest BCUT2D eigenvalue weighted by atomic mass is 9.85. The molecule has 0 radical (unpaired) electrons. The van der Waals surface area contributed by atoms with Crippen molar-refractivity contribution in [1.82, 2.24) is 5.32 Å². The van der Waals surface area contributed by atoms with Crippen LogP contribution in [0.4, 0.5) is 4.39 Å². The summed E-state index contributed by atoms with van der Waals surface area (Å²) >= 11 is 0. The van der Waals surface area contributed by atoms with Crippen molar-refractivity contribution >= 4 is 25.6 Å². The van der Waals surface area contributed by atoms with Gasteiger partial charge in [0.1, 0.15) is 5.82 Å². The number of hydrogen-bond acceptors (Lipinski definition) is 3. The summed E-state index contributed by atoms with van der Waals surface area (Å²) in [5, 5.41) is 2.66. The molecule has 7 heteroatoms. The molecule has 0 heterocycles. The van der Waals surface area contributed by atoms with E-state index in [0.29, 0.717) is 12.5 Å². The minimum atomic E-state index is -4.05. The van der Waals surface area contributed by atoms with Crippen molar-refractivity contribution in [2.45, 2.75) is 24.2 Å². The van der Waals surface area contributed by atoms with E-state index >= 15 is 0 Å². The topological polar surface area (TPSA) is 63.2 Å². The molecule has 0 atom stereocenters. The van der Waals surface area contributed by atoms with E-state index in [1.54, 1.807) is 0 Å². The molecule has 2 rings (SSSR count). The maximum absolute atomic E-state index is 13.3. The molecule has 0 saturated heterocycles. The molecule has 1 amide bonds. The zero-order valence-corrected chi connectivity index (χ0v) is 11.6. The van der Waals surface area contributed by atoms with E-state index in [1.165, 1.54) is 0 Å². The van der Waals surface area contributed by atoms with E-state index in [-0.39, 0.29) is 5.56 Å². The van der Waals surface area contributed by atoms with Gasteiger partial charge in [-0.05, 0) is 37.0 Å². The third kappa shape index (κ3) is 3.67. The molecule has 104 valence electrons. The lowest BCUT2D eigenvalue weighted by molar-refractivity contribution is 0.0938. The first-order valence-electron chi connectivity index (χ1n) is 5.90. The Labute approximate surface area is 115 Å². The molecule has 0 unspecified atom stereocenters. The first-order valence-corrected chi connectivity index (χ1v) is 8.20. The zero-order valence-electron chi connectivity index (χ0n) is 10.0. The fraction of sp³-hybridized carbons (Fsp3) is 0.417. The van der Waals surface area contributed by atoms with E-state index in [0.717, 1.165) is 37.5 Å². The van der Waals surface area contributed by atoms with Crippen molar-refractivity contribution in [3.05, 3.63) is 29.6 Å². The summed E-state index contributed by atoms with van der Waals surface area (Å²) in [6.45, 7) is 0.526. The largest absolute Gasteiger partial charge is 0.352 e. The van der Waals surface area contributed by atoms with E-state index in [4.69, 9.17) is 10.7 Å². The Morgan fingerprint density at radius 1 is 1.37 bits per heavy atom. The minimum absolute atomic E-state index is 0.0430. The van der Waals surface area contributed by atoms with Gasteiger partial charge in [-0.1, -0.05) is 6.42 Å². The zero-order chi connectivity index (χ0) is 14.0. The van der Waals surface area contributed by atoms with Gasteiger partial charge >= 0.3 is 0 Å². The highest BCUT2D eigenvalue weighted by molar-refractivity contribution is 8.13. The smallest absolute Gasteiger partial charge is 0.261 e. The monoisotopic (exact) mass is 305 g/mol. The van der Waals surface area contributed by atoms with E-state index < -0.39 is 25.7 Å². The highest BCUT2D eigenvalue weighted by atomic mass is 35.7. The number of carbonyl (C=O) groups is 1. The Balaban J connectivity index is 2.14. The van der Waals surface area contributed by atoms with Crippen molar-refractivity contribution in [3.63, 3.8) is 0 Å². The number of amides is 1. The van der Waals surface area contributed by atoms with Gasteiger partial charge in [0.2, 0.25) is 0 Å². The summed E-state index contributed by atoms with van der Waals surface area (Å²) in [4.78, 5) is 11.4. The quantitative estimate of drug-likeness (QED) is 0.868. The van der Waals surface area contributed by atoms with Gasteiger partial charge < -0.3 is 5.32 Å². The van der Waals surface area contributed by atoms with Crippen LogP contribution in [0.15, 0.2) is 23.1 Å². The SMILES string of the molecule is O=C(NCC1CCC1)c1cc(F)cc(S(=O)(=O)Cl)c1. The molecule has 1 aromatic carbocycles. The second kappa shape index (κ2) is 5.46. The van der Waals surface area contributed by atoms with Crippen LogP contribution in [0.5, 0.6) is 0 Å². The predicted octanol–water partition coefficient (Wildman–Crippen LogP) is 2.28. The Morgan fingerprint density at radius 2 is 2.05 bits per heavy atom. The molecule has 0 spiro atoms. The molecule has 0 bridgehead atoms. The number of halogens is 2. The van der Waals surface area contributed by atoms with Crippen LogP contribution in [0.1, 0.15) is 29.6 Å². The maximum Gasteiger partial charge on any atom is 0.261 e. The average molecular weight is 306 g/mol. The minimum Gasteiger partial charge on any atom is -0.352 e. The molecular weight excluding hydrogens is 293 g/mol. The van der Waals surface area contributed by atoms with Crippen LogP contribution in [0.25, 0.3) is 0 Å². The Hall–Kier alpha value is -1.14. The van der Waals surface area contributed by atoms with E-state index in [2.05, 4.69) is 5.32 Å². The molecule has 19 heavy (non-hydrogen) atoms. The summed E-state index contributed by atoms with van der Waals surface area (Å²) in [6.07, 6.45) is 3.31.